The first-order valence-corrected chi connectivity index (χ1v) is 4.94. The molecule has 0 aromatic heterocycles. The molecule has 0 saturated carbocycles. The van der Waals surface area contributed by atoms with Gasteiger partial charge in [0.15, 0.2) is 0 Å². The Labute approximate surface area is 82.2 Å². The molecule has 1 unspecified atom stereocenters. The van der Waals surface area contributed by atoms with Gasteiger partial charge in [0.2, 0.25) is 0 Å². The lowest BCUT2D eigenvalue weighted by Crippen LogP contribution is -2.08. The van der Waals surface area contributed by atoms with Crippen LogP contribution >= 0.6 is 0 Å². The molecule has 0 bridgehead atoms. The molecule has 76 valence electrons. The van der Waals surface area contributed by atoms with Crippen LogP contribution in [-0.2, 0) is 0 Å². The van der Waals surface area contributed by atoms with Gasteiger partial charge in [0.05, 0.1) is 6.10 Å². The summed E-state index contributed by atoms with van der Waals surface area (Å²) in [7, 11) is 0. The van der Waals surface area contributed by atoms with Crippen LogP contribution in [0.2, 0.25) is 0 Å². The van der Waals surface area contributed by atoms with Crippen molar-refractivity contribution < 1.29 is 5.11 Å². The summed E-state index contributed by atoms with van der Waals surface area (Å²) in [5.74, 6) is 0. The Morgan fingerprint density at radius 3 is 2.23 bits per heavy atom. The molecule has 0 aromatic rings. The fourth-order valence-corrected chi connectivity index (χ4v) is 1.09. The zero-order valence-electron chi connectivity index (χ0n) is 9.46. The van der Waals surface area contributed by atoms with Gasteiger partial charge in [-0.1, -0.05) is 45.9 Å². The van der Waals surface area contributed by atoms with Gasteiger partial charge >= 0.3 is 0 Å². The second-order valence-corrected chi connectivity index (χ2v) is 4.42. The Balaban J connectivity index is 4.56. The second-order valence-electron chi connectivity index (χ2n) is 4.42. The molecule has 0 aliphatic rings. The van der Waals surface area contributed by atoms with Crippen LogP contribution in [-0.4, -0.2) is 11.2 Å². The normalized spacial score (nSPS) is 16.6. The van der Waals surface area contributed by atoms with E-state index in [4.69, 9.17) is 5.11 Å². The van der Waals surface area contributed by atoms with Gasteiger partial charge in [0.1, 0.15) is 0 Å². The van der Waals surface area contributed by atoms with Gasteiger partial charge in [-0.05, 0) is 24.3 Å². The number of aliphatic hydroxyl groups excluding tert-OH is 1. The third kappa shape index (κ3) is 5.64. The highest BCUT2D eigenvalue weighted by Crippen LogP contribution is 2.26. The Kier molecular flexibility index (Phi) is 5.01. The lowest BCUT2D eigenvalue weighted by Gasteiger charge is -2.20. The average molecular weight is 182 g/mol. The number of hydrogen-bond donors (Lipinski definition) is 1. The molecule has 0 aromatic carbocycles. The molecule has 0 aliphatic heterocycles. The molecule has 13 heavy (non-hydrogen) atoms. The molecular formula is C12H22O. The van der Waals surface area contributed by atoms with E-state index < -0.39 is 0 Å². The van der Waals surface area contributed by atoms with Crippen molar-refractivity contribution in [1.82, 2.24) is 0 Å². The quantitative estimate of drug-likeness (QED) is 0.664. The monoisotopic (exact) mass is 182 g/mol. The molecule has 0 heterocycles. The van der Waals surface area contributed by atoms with E-state index in [9.17, 15) is 0 Å². The first-order chi connectivity index (χ1) is 5.88. The molecule has 0 saturated heterocycles. The topological polar surface area (TPSA) is 20.2 Å². The highest BCUT2D eigenvalue weighted by atomic mass is 16.3. The summed E-state index contributed by atoms with van der Waals surface area (Å²) in [6.07, 6.45) is 6.74. The summed E-state index contributed by atoms with van der Waals surface area (Å²) < 4.78 is 0. The van der Waals surface area contributed by atoms with Gasteiger partial charge in [-0.15, -0.1) is 0 Å². The molecule has 0 fully saturated rings. The van der Waals surface area contributed by atoms with Crippen LogP contribution in [0, 0.1) is 5.41 Å². The standard InChI is InChI=1S/C12H22O/c1-6-7-11(12(3,4)5)9-8-10(2)13/h7-10,13H,6H2,1-5H3. The van der Waals surface area contributed by atoms with Gasteiger partial charge in [0.25, 0.3) is 0 Å². The molecule has 0 radical (unpaired) electrons. The van der Waals surface area contributed by atoms with E-state index in [2.05, 4.69) is 33.8 Å². The zero-order chi connectivity index (χ0) is 10.5. The predicted molar refractivity (Wildman–Crippen MR) is 58.6 cm³/mol. The summed E-state index contributed by atoms with van der Waals surface area (Å²) >= 11 is 0. The van der Waals surface area contributed by atoms with Crippen molar-refractivity contribution in [1.29, 1.82) is 0 Å². The van der Waals surface area contributed by atoms with Gasteiger partial charge < -0.3 is 5.11 Å². The van der Waals surface area contributed by atoms with E-state index in [0.29, 0.717) is 0 Å². The fourth-order valence-electron chi connectivity index (χ4n) is 1.09. The van der Waals surface area contributed by atoms with Crippen molar-refractivity contribution in [3.63, 3.8) is 0 Å². The highest BCUT2D eigenvalue weighted by molar-refractivity contribution is 5.25. The largest absolute Gasteiger partial charge is 0.389 e. The van der Waals surface area contributed by atoms with Gasteiger partial charge in [-0.3, -0.25) is 0 Å². The minimum atomic E-state index is -0.359. The maximum atomic E-state index is 9.12. The van der Waals surface area contributed by atoms with Crippen LogP contribution in [0.15, 0.2) is 23.8 Å². The van der Waals surface area contributed by atoms with Crippen LogP contribution in [0.4, 0.5) is 0 Å². The summed E-state index contributed by atoms with van der Waals surface area (Å²) in [5.41, 5.74) is 1.46. The number of allylic oxidation sites excluding steroid dienone is 3. The third-order valence-electron chi connectivity index (χ3n) is 1.84. The molecule has 1 N–H and O–H groups in total. The van der Waals surface area contributed by atoms with Crippen LogP contribution in [0.25, 0.3) is 0 Å². The zero-order valence-corrected chi connectivity index (χ0v) is 9.46. The van der Waals surface area contributed by atoms with Gasteiger partial charge in [0, 0.05) is 0 Å². The number of rotatable bonds is 3. The van der Waals surface area contributed by atoms with Crippen molar-refractivity contribution >= 4 is 0 Å². The van der Waals surface area contributed by atoms with Crippen LogP contribution in [0.1, 0.15) is 41.0 Å². The Bertz CT molecular complexity index is 192. The molecule has 1 heteroatoms. The molecule has 0 amide bonds. The first kappa shape index (κ1) is 12.4. The predicted octanol–water partition coefficient (Wildman–Crippen LogP) is 3.31. The number of aliphatic hydroxyl groups is 1. The average Bonchev–Trinajstić information content (AvgIpc) is 1.95. The Hall–Kier alpha value is -0.560. The van der Waals surface area contributed by atoms with Crippen molar-refractivity contribution in [2.45, 2.75) is 47.1 Å². The Morgan fingerprint density at radius 2 is 1.92 bits per heavy atom. The van der Waals surface area contributed by atoms with Gasteiger partial charge in [-0.2, -0.15) is 0 Å². The molecular weight excluding hydrogens is 160 g/mol. The molecule has 0 rings (SSSR count). The smallest absolute Gasteiger partial charge is 0.0695 e. The second kappa shape index (κ2) is 5.23. The maximum Gasteiger partial charge on any atom is 0.0695 e. The fraction of sp³-hybridized carbons (Fsp3) is 0.667. The van der Waals surface area contributed by atoms with E-state index in [1.54, 1.807) is 6.92 Å². The van der Waals surface area contributed by atoms with E-state index >= 15 is 0 Å². The van der Waals surface area contributed by atoms with E-state index in [1.165, 1.54) is 5.57 Å². The third-order valence-corrected chi connectivity index (χ3v) is 1.84. The summed E-state index contributed by atoms with van der Waals surface area (Å²) in [6, 6.07) is 0. The van der Waals surface area contributed by atoms with E-state index in [-0.39, 0.29) is 11.5 Å². The van der Waals surface area contributed by atoms with Crippen molar-refractivity contribution in [3.8, 4) is 0 Å². The van der Waals surface area contributed by atoms with Crippen LogP contribution in [0.5, 0.6) is 0 Å². The van der Waals surface area contributed by atoms with Crippen molar-refractivity contribution in [2.75, 3.05) is 0 Å². The van der Waals surface area contributed by atoms with Crippen molar-refractivity contribution in [2.24, 2.45) is 5.41 Å². The Morgan fingerprint density at radius 1 is 1.38 bits per heavy atom. The summed E-state index contributed by atoms with van der Waals surface area (Å²) in [4.78, 5) is 0. The summed E-state index contributed by atoms with van der Waals surface area (Å²) in [6.45, 7) is 10.4. The van der Waals surface area contributed by atoms with Gasteiger partial charge in [-0.25, -0.2) is 0 Å². The van der Waals surface area contributed by atoms with E-state index in [0.717, 1.165) is 6.42 Å². The molecule has 0 aliphatic carbocycles. The minimum absolute atomic E-state index is 0.168. The summed E-state index contributed by atoms with van der Waals surface area (Å²) in [5, 5.41) is 9.12. The van der Waals surface area contributed by atoms with Crippen LogP contribution < -0.4 is 0 Å². The lowest BCUT2D eigenvalue weighted by atomic mass is 9.85. The van der Waals surface area contributed by atoms with E-state index in [1.807, 2.05) is 12.2 Å². The number of hydrogen-bond acceptors (Lipinski definition) is 1. The van der Waals surface area contributed by atoms with Crippen molar-refractivity contribution in [3.05, 3.63) is 23.8 Å². The SMILES string of the molecule is CCC=C(C=CC(C)O)C(C)(C)C. The molecule has 1 atom stereocenters. The molecule has 1 nitrogen and oxygen atoms in total. The minimum Gasteiger partial charge on any atom is -0.389 e. The van der Waals surface area contributed by atoms with Crippen LogP contribution in [0.3, 0.4) is 0 Å². The lowest BCUT2D eigenvalue weighted by molar-refractivity contribution is 0.244. The maximum absolute atomic E-state index is 9.12. The first-order valence-electron chi connectivity index (χ1n) is 4.94. The molecule has 0 spiro atoms. The highest BCUT2D eigenvalue weighted by Gasteiger charge is 2.13.